The van der Waals surface area contributed by atoms with E-state index in [1.165, 1.54) is 52.7 Å². The number of alkyl carbamates (subject to hydrolysis) is 2. The molecule has 4 bridgehead atoms. The molecule has 0 spiro atoms. The molecule has 8 atom stereocenters. The Labute approximate surface area is 427 Å². The van der Waals surface area contributed by atoms with Crippen LogP contribution in [0.3, 0.4) is 0 Å². The molecular weight excluding hydrogens is 972 g/mol. The molecule has 71 heavy (non-hydrogen) atoms. The number of nitrogens with zero attached hydrogens (tertiary/aromatic N) is 2. The van der Waals surface area contributed by atoms with Crippen LogP contribution in [-0.2, 0) is 44.5 Å². The Kier molecular flexibility index (Phi) is 17.4. The third-order valence-corrected chi connectivity index (χ3v) is 16.6. The minimum atomic E-state index is -1.85. The highest BCUT2D eigenvalue weighted by atomic mass is 35.5. The molecule has 16 nitrogen and oxygen atoms in total. The van der Waals surface area contributed by atoms with Crippen LogP contribution >= 0.6 is 33.2 Å². The van der Waals surface area contributed by atoms with Gasteiger partial charge in [-0.1, -0.05) is 112 Å². The number of hydrogen-bond acceptors (Lipinski definition) is 14. The van der Waals surface area contributed by atoms with E-state index in [4.69, 9.17) is 40.0 Å². The topological polar surface area (TPSA) is 195 Å². The van der Waals surface area contributed by atoms with Crippen molar-refractivity contribution in [1.82, 2.24) is 15.5 Å². The monoisotopic (exact) mass is 1030 g/mol. The van der Waals surface area contributed by atoms with Gasteiger partial charge in [0.2, 0.25) is 11.8 Å². The van der Waals surface area contributed by atoms with E-state index >= 15 is 0 Å². The summed E-state index contributed by atoms with van der Waals surface area (Å²) in [5.41, 5.74) is 3.56. The highest BCUT2D eigenvalue weighted by Crippen LogP contribution is 2.50. The molecule has 3 aliphatic heterocycles. The Morgan fingerprint density at radius 1 is 1.06 bits per heavy atom. The van der Waals surface area contributed by atoms with Crippen molar-refractivity contribution in [2.24, 2.45) is 5.92 Å². The number of carbonyl (C=O) groups excluding carboxylic acids is 5. The first-order chi connectivity index (χ1) is 33.9. The average molecular weight is 1040 g/mol. The first-order valence-electron chi connectivity index (χ1n) is 23.6. The summed E-state index contributed by atoms with van der Waals surface area (Å²) < 4.78 is 35.1. The number of fused-ring (bicyclic) bond motifs is 8. The second-order valence-electron chi connectivity index (χ2n) is 18.6. The molecule has 3 aromatic rings. The van der Waals surface area contributed by atoms with Gasteiger partial charge in [0.1, 0.15) is 47.3 Å². The Morgan fingerprint density at radius 3 is 2.41 bits per heavy atom. The van der Waals surface area contributed by atoms with Crippen LogP contribution < -0.4 is 20.3 Å². The number of aliphatic hydroxyl groups is 1. The maximum absolute atomic E-state index is 14.3. The van der Waals surface area contributed by atoms with Crippen LogP contribution in [0.2, 0.25) is 5.02 Å². The lowest BCUT2D eigenvalue weighted by atomic mass is 9.83. The number of methoxy groups -OCH3 is 2. The number of likely N-dealkylation sites (N-methyl/N-ethyl adjacent to an activating group) is 1. The lowest BCUT2D eigenvalue weighted by Gasteiger charge is -2.42. The van der Waals surface area contributed by atoms with E-state index in [0.29, 0.717) is 35.9 Å². The molecule has 3 heterocycles. The zero-order chi connectivity index (χ0) is 51.2. The fourth-order valence-electron chi connectivity index (χ4n) is 9.49. The van der Waals surface area contributed by atoms with Crippen LogP contribution in [0.1, 0.15) is 69.6 Å². The minimum Gasteiger partial charge on any atom is -0.495 e. The van der Waals surface area contributed by atoms with Crippen LogP contribution in [0.25, 0.3) is 11.1 Å². The number of esters is 1. The van der Waals surface area contributed by atoms with Crippen molar-refractivity contribution in [3.63, 3.8) is 0 Å². The van der Waals surface area contributed by atoms with Gasteiger partial charge in [0.15, 0.2) is 5.72 Å². The van der Waals surface area contributed by atoms with Crippen molar-refractivity contribution in [2.45, 2.75) is 101 Å². The van der Waals surface area contributed by atoms with E-state index < -0.39 is 71.8 Å². The van der Waals surface area contributed by atoms with Crippen molar-refractivity contribution < 1.29 is 57.5 Å². The molecule has 1 aliphatic carbocycles. The number of rotatable bonds is 14. The maximum Gasteiger partial charge on any atom is 0.409 e. The first-order valence-corrected chi connectivity index (χ1v) is 26.4. The predicted octanol–water partition coefficient (Wildman–Crippen LogP) is 7.82. The van der Waals surface area contributed by atoms with Crippen LogP contribution in [0.5, 0.6) is 5.75 Å². The molecule has 19 heteroatoms. The van der Waals surface area contributed by atoms with Crippen molar-refractivity contribution in [3.05, 3.63) is 106 Å². The Hall–Kier alpha value is -5.24. The number of allylic oxidation sites excluding steroid dienone is 3. The standard InChI is InChI=1S/C52H63ClN4O12S2/c1-30-14-13-19-42(65-8)52(63)28-41(67-50(62)55-52)31(2)47-51(4,69-47)43(27-45(59)57(6)39-25-33(24-30)26-40(64-7)46(39)53)68-48(60)32(3)56(5)44(58)20-22-70-71-23-21-54-49(61)66-29-38-36-17-11-9-15-34(36)35-16-10-12-18-37(35)38/h9-19,25-26,31-32,38,41-43,47,63H,20-24,27-29H2,1-8H3,(H,54,61)(H,55,62)/b19-13+,30-14+/t31-,32+,41+,42-,43+,47+,51?,52+/m1/s1. The summed E-state index contributed by atoms with van der Waals surface area (Å²) in [6.07, 6.45) is 0.330. The van der Waals surface area contributed by atoms with Gasteiger partial charge in [-0.15, -0.1) is 0 Å². The Morgan fingerprint density at radius 2 is 1.73 bits per heavy atom. The minimum absolute atomic E-state index is 0.0332. The molecule has 4 amide bonds. The molecule has 0 saturated carbocycles. The largest absolute Gasteiger partial charge is 0.495 e. The fraction of sp³-hybridized carbons (Fsp3) is 0.481. The molecule has 2 fully saturated rings. The van der Waals surface area contributed by atoms with Crippen LogP contribution in [0, 0.1) is 5.92 Å². The average Bonchev–Trinajstić information content (AvgIpc) is 3.95. The lowest BCUT2D eigenvalue weighted by Crippen LogP contribution is -2.63. The number of benzene rings is 3. The van der Waals surface area contributed by atoms with Gasteiger partial charge in [0.05, 0.1) is 25.3 Å². The quantitative estimate of drug-likeness (QED) is 0.0465. The molecule has 0 aromatic heterocycles. The number of anilines is 1. The third kappa shape index (κ3) is 12.2. The molecule has 382 valence electrons. The van der Waals surface area contributed by atoms with Gasteiger partial charge in [0, 0.05) is 63.9 Å². The van der Waals surface area contributed by atoms with Crippen LogP contribution in [-0.4, -0.2) is 135 Å². The van der Waals surface area contributed by atoms with Crippen molar-refractivity contribution >= 4 is 68.8 Å². The summed E-state index contributed by atoms with van der Waals surface area (Å²) in [7, 11) is 8.97. The zero-order valence-electron chi connectivity index (χ0n) is 41.2. The van der Waals surface area contributed by atoms with Gasteiger partial charge in [-0.2, -0.15) is 0 Å². The predicted molar refractivity (Wildman–Crippen MR) is 274 cm³/mol. The zero-order valence-corrected chi connectivity index (χ0v) is 43.6. The van der Waals surface area contributed by atoms with Crippen molar-refractivity contribution in [3.8, 4) is 16.9 Å². The summed E-state index contributed by atoms with van der Waals surface area (Å²) in [5.74, 6) is -0.731. The number of amides is 4. The van der Waals surface area contributed by atoms with E-state index in [1.54, 1.807) is 52.1 Å². The maximum atomic E-state index is 14.3. The lowest BCUT2D eigenvalue weighted by molar-refractivity contribution is -0.162. The van der Waals surface area contributed by atoms with Gasteiger partial charge in [0.25, 0.3) is 0 Å². The summed E-state index contributed by atoms with van der Waals surface area (Å²) in [6, 6.07) is 18.8. The smallest absolute Gasteiger partial charge is 0.409 e. The molecule has 4 aliphatic rings. The van der Waals surface area contributed by atoms with Gasteiger partial charge >= 0.3 is 18.2 Å². The molecule has 7 rings (SSSR count). The van der Waals surface area contributed by atoms with Gasteiger partial charge in [-0.05, 0) is 67.1 Å². The number of hydrogen-bond donors (Lipinski definition) is 3. The van der Waals surface area contributed by atoms with Crippen LogP contribution in [0.15, 0.2) is 84.5 Å². The van der Waals surface area contributed by atoms with Crippen molar-refractivity contribution in [2.75, 3.05) is 57.9 Å². The SMILES string of the molecule is COc1cc2cc(c1Cl)N(C)C(=O)C[C@H](OC(=O)[C@H](C)N(C)C(=O)CCSSCCNC(=O)OCC1c3ccccc3-c3ccccc31)C1(C)O[C@H]1[C@H](C)[C@@H]1C[C@@](O)(NC(=O)O1)[C@H](OC)/C=C/C=C(\C)C2. The van der Waals surface area contributed by atoms with E-state index in [-0.39, 0.29) is 42.7 Å². The molecule has 1 unspecified atom stereocenters. The number of nitrogens with one attached hydrogen (secondary N) is 2. The number of epoxide rings is 1. The fourth-order valence-corrected chi connectivity index (χ4v) is 11.7. The number of carbonyl (C=O) groups is 5. The molecule has 3 aromatic carbocycles. The second-order valence-corrected chi connectivity index (χ2v) is 21.6. The summed E-state index contributed by atoms with van der Waals surface area (Å²) in [5, 5.41) is 17.4. The highest BCUT2D eigenvalue weighted by molar-refractivity contribution is 8.76. The first kappa shape index (κ1) is 53.6. The molecular formula is C52H63ClN4O12S2. The van der Waals surface area contributed by atoms with Crippen molar-refractivity contribution in [1.29, 1.82) is 0 Å². The van der Waals surface area contributed by atoms with Crippen LogP contribution in [0.4, 0.5) is 15.3 Å². The highest BCUT2D eigenvalue weighted by Gasteiger charge is 2.64. The number of ether oxygens (including phenoxy) is 6. The van der Waals surface area contributed by atoms with Gasteiger partial charge in [-0.25, -0.2) is 14.4 Å². The third-order valence-electron chi connectivity index (χ3n) is 13.8. The number of halogens is 1. The van der Waals surface area contributed by atoms with E-state index in [2.05, 4.69) is 34.9 Å². The summed E-state index contributed by atoms with van der Waals surface area (Å²) in [4.78, 5) is 70.1. The summed E-state index contributed by atoms with van der Waals surface area (Å²) in [6.45, 7) is 7.57. The van der Waals surface area contributed by atoms with E-state index in [1.807, 2.05) is 37.3 Å². The molecule has 2 saturated heterocycles. The Bertz CT molecular complexity index is 2500. The van der Waals surface area contributed by atoms with E-state index in [0.717, 1.165) is 33.4 Å². The van der Waals surface area contributed by atoms with Gasteiger partial charge < -0.3 is 48.6 Å². The molecule has 0 radical (unpaired) electrons. The normalized spacial score (nSPS) is 26.8. The van der Waals surface area contributed by atoms with E-state index in [9.17, 15) is 29.1 Å². The summed E-state index contributed by atoms with van der Waals surface area (Å²) >= 11 is 6.82. The molecule has 3 N–H and O–H groups in total. The Balaban J connectivity index is 0.959. The van der Waals surface area contributed by atoms with Gasteiger partial charge in [-0.3, -0.25) is 14.9 Å². The second kappa shape index (κ2) is 23.1.